The van der Waals surface area contributed by atoms with E-state index in [-0.39, 0.29) is 17.7 Å². The zero-order valence-corrected chi connectivity index (χ0v) is 41.3. The van der Waals surface area contributed by atoms with Gasteiger partial charge < -0.3 is 29.1 Å². The van der Waals surface area contributed by atoms with E-state index in [0.717, 1.165) is 110 Å². The van der Waals surface area contributed by atoms with Gasteiger partial charge in [-0.05, 0) is 115 Å². The number of carboxylic acid groups (broad SMARTS) is 1. The highest BCUT2D eigenvalue weighted by atomic mass is 35.5. The first-order chi connectivity index (χ1) is 29.8. The first-order valence-corrected chi connectivity index (χ1v) is 23.4. The van der Waals surface area contributed by atoms with Crippen LogP contribution in [0.1, 0.15) is 134 Å². The molecule has 62 heavy (non-hydrogen) atoms. The fraction of sp³-hybridized carbons (Fsp3) is 0.510. The largest absolute Gasteiger partial charge is 0.478 e. The van der Waals surface area contributed by atoms with Crippen LogP contribution in [-0.4, -0.2) is 63.1 Å². The summed E-state index contributed by atoms with van der Waals surface area (Å²) in [5, 5.41) is 22.3. The minimum absolute atomic E-state index is 0.0105. The van der Waals surface area contributed by atoms with Gasteiger partial charge in [0, 0.05) is 82.7 Å². The summed E-state index contributed by atoms with van der Waals surface area (Å²) in [5.74, 6) is -0.382. The molecular weight excluding hydrogens is 817 g/mol. The maximum Gasteiger partial charge on any atom is 0.335 e. The third-order valence-corrected chi connectivity index (χ3v) is 12.6. The van der Waals surface area contributed by atoms with Gasteiger partial charge in [0.15, 0.2) is 0 Å². The number of nitrogens with one attached hydrogen (secondary N) is 1. The number of nitrogens with zero attached hydrogens (tertiary/aromatic N) is 4. The van der Waals surface area contributed by atoms with Crippen molar-refractivity contribution in [2.75, 3.05) is 20.2 Å². The first-order valence-electron chi connectivity index (χ1n) is 22.6. The van der Waals surface area contributed by atoms with Crippen molar-refractivity contribution in [3.8, 4) is 22.4 Å². The predicted octanol–water partition coefficient (Wildman–Crippen LogP) is 13.7. The number of carbonyl (C=O) groups is 2. The number of hydrogen-bond acceptors (Lipinski definition) is 5. The molecule has 11 heteroatoms. The van der Waals surface area contributed by atoms with E-state index in [4.69, 9.17) is 37.8 Å². The summed E-state index contributed by atoms with van der Waals surface area (Å²) in [6, 6.07) is 9.65. The summed E-state index contributed by atoms with van der Waals surface area (Å²) in [5.41, 5.74) is 11.9. The highest BCUT2D eigenvalue weighted by molar-refractivity contribution is 6.35. The molecule has 2 aromatic carbocycles. The molecule has 1 aliphatic carbocycles. The molecule has 0 amide bonds. The van der Waals surface area contributed by atoms with Crippen LogP contribution in [0.5, 0.6) is 0 Å². The van der Waals surface area contributed by atoms with E-state index in [1.807, 2.05) is 73.7 Å². The van der Waals surface area contributed by atoms with E-state index in [9.17, 15) is 9.90 Å². The van der Waals surface area contributed by atoms with Gasteiger partial charge in [0.05, 0.1) is 33.6 Å². The molecule has 0 spiro atoms. The highest BCUT2D eigenvalue weighted by Gasteiger charge is 2.30. The van der Waals surface area contributed by atoms with Crippen molar-refractivity contribution in [1.82, 2.24) is 24.2 Å². The third kappa shape index (κ3) is 11.3. The Labute approximate surface area is 381 Å². The Bertz CT molecular complexity index is 2330. The molecule has 0 fully saturated rings. The quantitative estimate of drug-likeness (QED) is 0.0902. The second kappa shape index (κ2) is 24.6. The van der Waals surface area contributed by atoms with Crippen LogP contribution in [0.25, 0.3) is 44.2 Å². The lowest BCUT2D eigenvalue weighted by atomic mass is 9.96. The maximum absolute atomic E-state index is 12.3. The van der Waals surface area contributed by atoms with Crippen LogP contribution < -0.4 is 5.32 Å². The van der Waals surface area contributed by atoms with Crippen LogP contribution in [0.15, 0.2) is 58.8 Å². The first kappa shape index (κ1) is 52.2. The summed E-state index contributed by atoms with van der Waals surface area (Å²) in [6.45, 7) is 27.4. The number of hydrogen-bond donors (Lipinski definition) is 2. The van der Waals surface area contributed by atoms with Gasteiger partial charge in [-0.15, -0.1) is 0 Å². The number of fused-ring (bicyclic) bond motifs is 2. The number of rotatable bonds is 17. The highest BCUT2D eigenvalue weighted by Crippen LogP contribution is 2.47. The number of aromatic carboxylic acids is 1. The Kier molecular flexibility index (Phi) is 20.7. The van der Waals surface area contributed by atoms with Crippen LogP contribution in [0.2, 0.25) is 5.02 Å². The zero-order valence-electron chi connectivity index (χ0n) is 39.8. The van der Waals surface area contributed by atoms with Crippen molar-refractivity contribution in [1.29, 1.82) is 0 Å². The molecule has 2 atom stereocenters. The lowest BCUT2D eigenvalue weighted by Crippen LogP contribution is -2.21. The van der Waals surface area contributed by atoms with Crippen molar-refractivity contribution >= 4 is 57.8 Å². The molecule has 0 saturated carbocycles. The molecule has 0 radical (unpaired) electrons. The van der Waals surface area contributed by atoms with Crippen molar-refractivity contribution in [3.05, 3.63) is 86.3 Å². The molecule has 340 valence electrons. The number of aryl methyl sites for hydroxylation is 3. The summed E-state index contributed by atoms with van der Waals surface area (Å²) in [7, 11) is 4.01. The van der Waals surface area contributed by atoms with Crippen LogP contribution in [0.3, 0.4) is 0 Å². The molecule has 1 aliphatic rings. The zero-order chi connectivity index (χ0) is 46.4. The number of halogens is 2. The minimum Gasteiger partial charge on any atom is -0.478 e. The van der Waals surface area contributed by atoms with Gasteiger partial charge in [-0.2, -0.15) is 5.10 Å². The number of ether oxygens (including phenoxy) is 1. The predicted molar refractivity (Wildman–Crippen MR) is 263 cm³/mol. The molecule has 0 saturated heterocycles. The molecule has 9 nitrogen and oxygen atoms in total. The molecule has 6 rings (SSSR count). The number of carboxylic acids is 1. The average Bonchev–Trinajstić information content (AvgIpc) is 3.87. The number of aromatic nitrogens is 4. The molecule has 3 aromatic heterocycles. The minimum atomic E-state index is -0.946. The van der Waals surface area contributed by atoms with Crippen molar-refractivity contribution in [3.63, 3.8) is 0 Å². The van der Waals surface area contributed by atoms with Crippen LogP contribution in [0, 0.1) is 19.8 Å². The topological polar surface area (TPSA) is 103 Å². The SMILES string of the molecule is C=O.CC.CC.CCCC(CCC)Cn1nc(C)c(-c2c(Cl)ccc3c(CCCOC4C=C(C)C(Cl)=C(C)C4)c(-c4cn(C)c5ccc(C(=O)O)cc45)n([C@H](C)CNC)c23)c1C. The fourth-order valence-electron chi connectivity index (χ4n) is 9.12. The summed E-state index contributed by atoms with van der Waals surface area (Å²) in [6.07, 6.45) is 11.3. The van der Waals surface area contributed by atoms with E-state index < -0.39 is 5.97 Å². The third-order valence-electron chi connectivity index (χ3n) is 11.7. The molecule has 5 aromatic rings. The number of benzene rings is 2. The van der Waals surface area contributed by atoms with Crippen molar-refractivity contribution in [2.24, 2.45) is 13.0 Å². The lowest BCUT2D eigenvalue weighted by Gasteiger charge is -2.22. The lowest BCUT2D eigenvalue weighted by molar-refractivity contribution is -0.0980. The van der Waals surface area contributed by atoms with Gasteiger partial charge in [-0.1, -0.05) is 95.3 Å². The molecular formula is C51H73Cl2N5O4. The molecule has 1 unspecified atom stereocenters. The normalized spacial score (nSPS) is 14.3. The van der Waals surface area contributed by atoms with Gasteiger partial charge in [0.1, 0.15) is 6.79 Å². The van der Waals surface area contributed by atoms with E-state index in [2.05, 4.69) is 79.0 Å². The summed E-state index contributed by atoms with van der Waals surface area (Å²) < 4.78 is 13.3. The standard InChI is InChI=1S/C46H59Cl2N5O3.2C2H6.CH2O/c1-10-13-32(14-11-2)25-52-31(7)41(30(6)50-52)42-39(47)18-17-36-35(15-12-20-56-34-21-27(3)43(48)28(4)22-34)44(53(45(36)42)29(5)24-49-8)38-26-51(9)40-19-16-33(46(54)55)23-37(38)40;3*1-2/h16-19,21,23,26,29,32,34,49H,10-15,20,22,24-25H2,1-9H3,(H,54,55);2*1-2H3;1H2/t29-,34?;;;/m1.../s1. The number of likely N-dealkylation sites (N-methyl/N-ethyl adjacent to an activating group) is 1. The van der Waals surface area contributed by atoms with E-state index in [0.29, 0.717) is 24.1 Å². The van der Waals surface area contributed by atoms with Gasteiger partial charge in [-0.3, -0.25) is 4.68 Å². The van der Waals surface area contributed by atoms with E-state index >= 15 is 0 Å². The van der Waals surface area contributed by atoms with Crippen LogP contribution in [0.4, 0.5) is 0 Å². The maximum atomic E-state index is 12.3. The second-order valence-electron chi connectivity index (χ2n) is 15.9. The van der Waals surface area contributed by atoms with Crippen LogP contribution in [-0.2, 0) is 29.5 Å². The molecule has 2 N–H and O–H groups in total. The second-order valence-corrected chi connectivity index (χ2v) is 16.7. The monoisotopic (exact) mass is 890 g/mol. The van der Waals surface area contributed by atoms with Gasteiger partial charge in [-0.25, -0.2) is 4.79 Å². The Morgan fingerprint density at radius 2 is 1.66 bits per heavy atom. The van der Waals surface area contributed by atoms with Crippen molar-refractivity contribution in [2.45, 2.75) is 140 Å². The number of carbonyl (C=O) groups excluding carboxylic acids is 1. The molecule has 0 bridgehead atoms. The van der Waals surface area contributed by atoms with E-state index in [1.165, 1.54) is 18.4 Å². The molecule has 3 heterocycles. The van der Waals surface area contributed by atoms with Gasteiger partial charge >= 0.3 is 5.97 Å². The van der Waals surface area contributed by atoms with Crippen LogP contribution >= 0.6 is 23.2 Å². The number of allylic oxidation sites excluding steroid dienone is 2. The molecule has 0 aliphatic heterocycles. The summed E-state index contributed by atoms with van der Waals surface area (Å²) >= 11 is 13.9. The van der Waals surface area contributed by atoms with Crippen molar-refractivity contribution < 1.29 is 19.4 Å². The fourth-order valence-corrected chi connectivity index (χ4v) is 9.51. The Morgan fingerprint density at radius 3 is 2.26 bits per heavy atom. The Hall–Kier alpha value is -4.15. The average molecular weight is 891 g/mol. The Balaban J connectivity index is 0.00000163. The Morgan fingerprint density at radius 1 is 1.00 bits per heavy atom. The summed E-state index contributed by atoms with van der Waals surface area (Å²) in [4.78, 5) is 20.3. The van der Waals surface area contributed by atoms with E-state index in [1.54, 1.807) is 6.07 Å². The van der Waals surface area contributed by atoms with Gasteiger partial charge in [0.25, 0.3) is 0 Å². The smallest absolute Gasteiger partial charge is 0.335 e. The van der Waals surface area contributed by atoms with Gasteiger partial charge in [0.2, 0.25) is 0 Å².